The van der Waals surface area contributed by atoms with Gasteiger partial charge in [-0.3, -0.25) is 4.79 Å². The molecule has 0 amide bonds. The summed E-state index contributed by atoms with van der Waals surface area (Å²) in [6, 6.07) is 0. The van der Waals surface area contributed by atoms with Gasteiger partial charge in [0.25, 0.3) is 0 Å². The molecule has 0 radical (unpaired) electrons. The molecule has 2 saturated carbocycles. The Labute approximate surface area is 106 Å². The maximum Gasteiger partial charge on any atom is 0.133 e. The number of ketones is 1. The van der Waals surface area contributed by atoms with Gasteiger partial charge in [0.2, 0.25) is 0 Å². The van der Waals surface area contributed by atoms with Crippen LogP contribution in [-0.4, -0.2) is 5.78 Å². The van der Waals surface area contributed by atoms with Gasteiger partial charge in [-0.25, -0.2) is 0 Å². The summed E-state index contributed by atoms with van der Waals surface area (Å²) >= 11 is 0. The summed E-state index contributed by atoms with van der Waals surface area (Å²) < 4.78 is 0. The van der Waals surface area contributed by atoms with E-state index in [1.165, 1.54) is 51.4 Å². The molecule has 1 nitrogen and oxygen atoms in total. The van der Waals surface area contributed by atoms with Crippen LogP contribution < -0.4 is 0 Å². The second-order valence-electron chi connectivity index (χ2n) is 6.37. The number of carbonyl (C=O) groups is 1. The molecule has 0 aromatic rings. The van der Waals surface area contributed by atoms with Crippen molar-refractivity contribution in [3.05, 3.63) is 0 Å². The molecule has 0 aromatic heterocycles. The number of carbonyl (C=O) groups excluding carboxylic acids is 1. The maximum atomic E-state index is 11.4. The molecular weight excluding hydrogens is 208 g/mol. The third kappa shape index (κ3) is 4.12. The van der Waals surface area contributed by atoms with Crippen molar-refractivity contribution in [1.29, 1.82) is 0 Å². The molecule has 1 heteroatoms. The van der Waals surface area contributed by atoms with Crippen LogP contribution in [-0.2, 0) is 4.79 Å². The first-order valence-corrected chi connectivity index (χ1v) is 7.79. The van der Waals surface area contributed by atoms with Gasteiger partial charge < -0.3 is 0 Å². The summed E-state index contributed by atoms with van der Waals surface area (Å²) in [6.45, 7) is 2.33. The molecule has 2 aliphatic rings. The summed E-state index contributed by atoms with van der Waals surface area (Å²) in [5.74, 6) is 3.26. The van der Waals surface area contributed by atoms with Crippen LogP contribution in [0.2, 0.25) is 0 Å². The molecule has 98 valence electrons. The van der Waals surface area contributed by atoms with Crippen molar-refractivity contribution in [2.75, 3.05) is 0 Å². The van der Waals surface area contributed by atoms with Gasteiger partial charge in [0.15, 0.2) is 0 Å². The lowest BCUT2D eigenvalue weighted by Crippen LogP contribution is -2.18. The minimum atomic E-state index is 0.524. The van der Waals surface area contributed by atoms with Crippen molar-refractivity contribution >= 4 is 5.78 Å². The minimum Gasteiger partial charge on any atom is -0.300 e. The highest BCUT2D eigenvalue weighted by atomic mass is 16.1. The van der Waals surface area contributed by atoms with Crippen molar-refractivity contribution in [2.24, 2.45) is 17.8 Å². The van der Waals surface area contributed by atoms with E-state index in [1.807, 2.05) is 0 Å². The van der Waals surface area contributed by atoms with Crippen molar-refractivity contribution in [3.63, 3.8) is 0 Å². The zero-order chi connectivity index (χ0) is 12.1. The lowest BCUT2D eigenvalue weighted by molar-refractivity contribution is -0.121. The summed E-state index contributed by atoms with van der Waals surface area (Å²) in [5.41, 5.74) is 0. The molecule has 0 saturated heterocycles. The largest absolute Gasteiger partial charge is 0.300 e. The zero-order valence-electron chi connectivity index (χ0n) is 11.4. The molecule has 1 atom stereocenters. The monoisotopic (exact) mass is 236 g/mol. The van der Waals surface area contributed by atoms with Crippen molar-refractivity contribution in [2.45, 2.75) is 77.6 Å². The van der Waals surface area contributed by atoms with E-state index < -0.39 is 0 Å². The first kappa shape index (κ1) is 13.1. The molecule has 2 rings (SSSR count). The van der Waals surface area contributed by atoms with E-state index >= 15 is 0 Å². The normalized spacial score (nSPS) is 34.9. The van der Waals surface area contributed by atoms with E-state index in [2.05, 4.69) is 6.92 Å². The highest BCUT2D eigenvalue weighted by molar-refractivity contribution is 5.79. The second-order valence-corrected chi connectivity index (χ2v) is 6.37. The fourth-order valence-electron chi connectivity index (χ4n) is 3.76. The molecule has 1 unspecified atom stereocenters. The summed E-state index contributed by atoms with van der Waals surface area (Å²) in [6.07, 6.45) is 14.2. The molecule has 17 heavy (non-hydrogen) atoms. The van der Waals surface area contributed by atoms with E-state index in [9.17, 15) is 4.79 Å². The van der Waals surface area contributed by atoms with Gasteiger partial charge in [0.05, 0.1) is 0 Å². The molecule has 2 aliphatic carbocycles. The molecule has 0 spiro atoms. The van der Waals surface area contributed by atoms with Crippen LogP contribution in [0.1, 0.15) is 77.6 Å². The van der Waals surface area contributed by atoms with Crippen LogP contribution in [0, 0.1) is 17.8 Å². The smallest absolute Gasteiger partial charge is 0.133 e. The Hall–Kier alpha value is -0.330. The SMILES string of the molecule is CCC1CCC(CCC2CCCC(=O)C2)CC1. The molecule has 0 heterocycles. The average Bonchev–Trinajstić information content (AvgIpc) is 2.37. The molecule has 2 fully saturated rings. The Kier molecular flexibility index (Phi) is 5.06. The van der Waals surface area contributed by atoms with Gasteiger partial charge in [0.1, 0.15) is 5.78 Å². The molecule has 0 N–H and O–H groups in total. The van der Waals surface area contributed by atoms with Crippen LogP contribution >= 0.6 is 0 Å². The van der Waals surface area contributed by atoms with E-state index in [0.29, 0.717) is 5.78 Å². The van der Waals surface area contributed by atoms with E-state index in [4.69, 9.17) is 0 Å². The van der Waals surface area contributed by atoms with E-state index in [1.54, 1.807) is 0 Å². The Morgan fingerprint density at radius 2 is 1.59 bits per heavy atom. The lowest BCUT2D eigenvalue weighted by Gasteiger charge is -2.29. The number of hydrogen-bond acceptors (Lipinski definition) is 1. The second kappa shape index (κ2) is 6.56. The molecular formula is C16H28O. The number of Topliss-reactive ketones (excluding diaryl/α,β-unsaturated/α-hetero) is 1. The Balaban J connectivity index is 1.63. The van der Waals surface area contributed by atoms with Crippen LogP contribution in [0.5, 0.6) is 0 Å². The third-order valence-corrected chi connectivity index (χ3v) is 5.11. The van der Waals surface area contributed by atoms with Crippen LogP contribution in [0.25, 0.3) is 0 Å². The summed E-state index contributed by atoms with van der Waals surface area (Å²) in [5, 5.41) is 0. The Bertz CT molecular complexity index is 238. The van der Waals surface area contributed by atoms with Crippen LogP contribution in [0.15, 0.2) is 0 Å². The highest BCUT2D eigenvalue weighted by Crippen LogP contribution is 2.35. The highest BCUT2D eigenvalue weighted by Gasteiger charge is 2.23. The summed E-state index contributed by atoms with van der Waals surface area (Å²) in [4.78, 5) is 11.4. The van der Waals surface area contributed by atoms with Gasteiger partial charge in [-0.2, -0.15) is 0 Å². The van der Waals surface area contributed by atoms with E-state index in [-0.39, 0.29) is 0 Å². The van der Waals surface area contributed by atoms with Crippen LogP contribution in [0.4, 0.5) is 0 Å². The Morgan fingerprint density at radius 3 is 2.24 bits per heavy atom. The van der Waals surface area contributed by atoms with Crippen molar-refractivity contribution in [1.82, 2.24) is 0 Å². The third-order valence-electron chi connectivity index (χ3n) is 5.11. The first-order chi connectivity index (χ1) is 8.28. The van der Waals surface area contributed by atoms with Gasteiger partial charge >= 0.3 is 0 Å². The molecule has 0 bridgehead atoms. The van der Waals surface area contributed by atoms with Gasteiger partial charge in [-0.1, -0.05) is 45.4 Å². The number of hydrogen-bond donors (Lipinski definition) is 0. The predicted molar refractivity (Wildman–Crippen MR) is 71.9 cm³/mol. The number of rotatable bonds is 4. The first-order valence-electron chi connectivity index (χ1n) is 7.79. The van der Waals surface area contributed by atoms with Gasteiger partial charge in [0, 0.05) is 12.8 Å². The Morgan fingerprint density at radius 1 is 0.941 bits per heavy atom. The van der Waals surface area contributed by atoms with Crippen molar-refractivity contribution < 1.29 is 4.79 Å². The standard InChI is InChI=1S/C16H28O/c1-2-13-6-8-14(9-7-13)10-11-15-4-3-5-16(17)12-15/h13-15H,2-12H2,1H3. The minimum absolute atomic E-state index is 0.524. The fraction of sp³-hybridized carbons (Fsp3) is 0.938. The van der Waals surface area contributed by atoms with Gasteiger partial charge in [-0.15, -0.1) is 0 Å². The average molecular weight is 236 g/mol. The molecule has 0 aromatic carbocycles. The predicted octanol–water partition coefficient (Wildman–Crippen LogP) is 4.74. The summed E-state index contributed by atoms with van der Waals surface area (Å²) in [7, 11) is 0. The van der Waals surface area contributed by atoms with Crippen LogP contribution in [0.3, 0.4) is 0 Å². The molecule has 0 aliphatic heterocycles. The maximum absolute atomic E-state index is 11.4. The fourth-order valence-corrected chi connectivity index (χ4v) is 3.76. The zero-order valence-corrected chi connectivity index (χ0v) is 11.4. The van der Waals surface area contributed by atoms with Crippen molar-refractivity contribution in [3.8, 4) is 0 Å². The van der Waals surface area contributed by atoms with Gasteiger partial charge in [-0.05, 0) is 37.0 Å². The van der Waals surface area contributed by atoms with E-state index in [0.717, 1.165) is 37.0 Å². The quantitative estimate of drug-likeness (QED) is 0.689. The lowest BCUT2D eigenvalue weighted by atomic mass is 9.76. The topological polar surface area (TPSA) is 17.1 Å².